The normalized spacial score (nSPS) is 13.1. The lowest BCUT2D eigenvalue weighted by molar-refractivity contribution is -0.119. The number of sulfonamides is 1. The molecule has 1 amide bonds. The van der Waals surface area contributed by atoms with E-state index in [2.05, 4.69) is 10.5 Å². The van der Waals surface area contributed by atoms with Gasteiger partial charge in [0.25, 0.3) is 15.9 Å². The first-order chi connectivity index (χ1) is 17.7. The van der Waals surface area contributed by atoms with Crippen LogP contribution in [0.3, 0.4) is 0 Å². The molecule has 10 heteroatoms. The number of rotatable bonds is 8. The van der Waals surface area contributed by atoms with Crippen LogP contribution in [0.1, 0.15) is 23.6 Å². The van der Waals surface area contributed by atoms with Crippen LogP contribution < -0.4 is 23.9 Å². The zero-order valence-corrected chi connectivity index (χ0v) is 22.0. The summed E-state index contributed by atoms with van der Waals surface area (Å²) < 4.78 is 45.0. The zero-order chi connectivity index (χ0) is 26.6. The molecule has 0 atom stereocenters. The van der Waals surface area contributed by atoms with Crippen LogP contribution in [-0.2, 0) is 14.8 Å². The molecule has 0 fully saturated rings. The van der Waals surface area contributed by atoms with E-state index in [-0.39, 0.29) is 10.6 Å². The van der Waals surface area contributed by atoms with Crippen molar-refractivity contribution in [2.24, 2.45) is 5.10 Å². The highest BCUT2D eigenvalue weighted by atomic mass is 32.2. The summed E-state index contributed by atoms with van der Waals surface area (Å²) in [5.41, 5.74) is 5.71. The molecule has 1 heterocycles. The fourth-order valence-corrected chi connectivity index (χ4v) is 5.20. The van der Waals surface area contributed by atoms with E-state index in [1.54, 1.807) is 49.4 Å². The summed E-state index contributed by atoms with van der Waals surface area (Å²) in [4.78, 5) is 13.1. The third-order valence-electron chi connectivity index (χ3n) is 5.81. The topological polar surface area (TPSA) is 107 Å². The fourth-order valence-electron chi connectivity index (χ4n) is 3.78. The Morgan fingerprint density at radius 1 is 0.973 bits per heavy atom. The number of ether oxygens (including phenoxy) is 3. The number of fused-ring (bicyclic) bond motifs is 1. The van der Waals surface area contributed by atoms with Crippen LogP contribution in [0.4, 0.5) is 5.69 Å². The Balaban J connectivity index is 1.62. The predicted octanol–water partition coefficient (Wildman–Crippen LogP) is 3.82. The largest absolute Gasteiger partial charge is 0.495 e. The maximum absolute atomic E-state index is 13.7. The first-order valence-electron chi connectivity index (χ1n) is 11.7. The quantitative estimate of drug-likeness (QED) is 0.355. The first-order valence-corrected chi connectivity index (χ1v) is 13.1. The number of nitrogens with zero attached hydrogens (tertiary/aromatic N) is 2. The smallest absolute Gasteiger partial charge is 0.264 e. The highest BCUT2D eigenvalue weighted by Crippen LogP contribution is 2.34. The van der Waals surface area contributed by atoms with Crippen LogP contribution in [-0.4, -0.2) is 46.9 Å². The molecule has 1 aliphatic heterocycles. The van der Waals surface area contributed by atoms with Crippen LogP contribution in [0.2, 0.25) is 0 Å². The minimum atomic E-state index is -4.10. The van der Waals surface area contributed by atoms with E-state index >= 15 is 0 Å². The van der Waals surface area contributed by atoms with Gasteiger partial charge in [0.2, 0.25) is 0 Å². The Kier molecular flexibility index (Phi) is 7.68. The molecule has 0 saturated carbocycles. The van der Waals surface area contributed by atoms with Gasteiger partial charge in [-0.05, 0) is 68.8 Å². The molecule has 0 aliphatic carbocycles. The number of benzene rings is 3. The van der Waals surface area contributed by atoms with E-state index in [0.29, 0.717) is 36.2 Å². The lowest BCUT2D eigenvalue weighted by Gasteiger charge is -2.25. The van der Waals surface area contributed by atoms with Gasteiger partial charge in [-0.25, -0.2) is 13.8 Å². The van der Waals surface area contributed by atoms with Gasteiger partial charge < -0.3 is 14.2 Å². The highest BCUT2D eigenvalue weighted by Gasteiger charge is 2.29. The average Bonchev–Trinajstić information content (AvgIpc) is 2.90. The SMILES string of the molecule is COc1ccc(C)cc1N(CC(=O)N/N=C(/C)c1ccc2c(c1)OCCO2)S(=O)(=O)c1ccc(C)cc1. The molecule has 0 aromatic heterocycles. The molecule has 3 aromatic carbocycles. The van der Waals surface area contributed by atoms with Gasteiger partial charge in [-0.1, -0.05) is 23.8 Å². The number of anilines is 1. The van der Waals surface area contributed by atoms with Crippen molar-refractivity contribution >= 4 is 27.3 Å². The number of hydrazone groups is 1. The number of hydrogen-bond donors (Lipinski definition) is 1. The van der Waals surface area contributed by atoms with E-state index in [9.17, 15) is 13.2 Å². The molecule has 9 nitrogen and oxygen atoms in total. The maximum Gasteiger partial charge on any atom is 0.264 e. The summed E-state index contributed by atoms with van der Waals surface area (Å²) in [5.74, 6) is 0.962. The molecular formula is C27H29N3O6S. The lowest BCUT2D eigenvalue weighted by atomic mass is 10.1. The molecule has 4 rings (SSSR count). The number of hydrogen-bond acceptors (Lipinski definition) is 7. The highest BCUT2D eigenvalue weighted by molar-refractivity contribution is 7.92. The Labute approximate surface area is 216 Å². The molecule has 194 valence electrons. The van der Waals surface area contributed by atoms with Crippen molar-refractivity contribution in [2.75, 3.05) is 31.2 Å². The molecule has 3 aromatic rings. The number of carbonyl (C=O) groups is 1. The van der Waals surface area contributed by atoms with Crippen molar-refractivity contribution in [1.82, 2.24) is 5.43 Å². The number of amides is 1. The maximum atomic E-state index is 13.7. The van der Waals surface area contributed by atoms with E-state index in [1.165, 1.54) is 19.2 Å². The molecule has 0 radical (unpaired) electrons. The summed E-state index contributed by atoms with van der Waals surface area (Å²) in [7, 11) is -2.65. The summed E-state index contributed by atoms with van der Waals surface area (Å²) >= 11 is 0. The van der Waals surface area contributed by atoms with Crippen molar-refractivity contribution in [2.45, 2.75) is 25.7 Å². The van der Waals surface area contributed by atoms with Gasteiger partial charge >= 0.3 is 0 Å². The lowest BCUT2D eigenvalue weighted by Crippen LogP contribution is -2.40. The molecule has 1 N–H and O–H groups in total. The van der Waals surface area contributed by atoms with Crippen LogP contribution in [0.15, 0.2) is 70.7 Å². The van der Waals surface area contributed by atoms with Crippen molar-refractivity contribution in [3.8, 4) is 17.2 Å². The number of carbonyl (C=O) groups excluding carboxylic acids is 1. The molecule has 0 spiro atoms. The standard InChI is InChI=1S/C27H29N3O6S/c1-18-5-9-22(10-6-18)37(32,33)30(23-15-19(2)7-11-24(23)34-4)17-27(31)29-28-20(3)21-8-12-25-26(16-21)36-14-13-35-25/h5-12,15-16H,13-14,17H2,1-4H3,(H,29,31)/b28-20-. The predicted molar refractivity (Wildman–Crippen MR) is 141 cm³/mol. The van der Waals surface area contributed by atoms with Gasteiger partial charge in [0.15, 0.2) is 11.5 Å². The second kappa shape index (κ2) is 10.9. The number of nitrogens with one attached hydrogen (secondary N) is 1. The van der Waals surface area contributed by atoms with Crippen LogP contribution >= 0.6 is 0 Å². The molecule has 1 aliphatic rings. The van der Waals surface area contributed by atoms with E-state index in [0.717, 1.165) is 21.0 Å². The Hall–Kier alpha value is -4.05. The molecule has 37 heavy (non-hydrogen) atoms. The first kappa shape index (κ1) is 26.0. The third kappa shape index (κ3) is 5.86. The monoisotopic (exact) mass is 523 g/mol. The number of aryl methyl sites for hydroxylation is 2. The minimum Gasteiger partial charge on any atom is -0.495 e. The Morgan fingerprint density at radius 2 is 1.65 bits per heavy atom. The van der Waals surface area contributed by atoms with Gasteiger partial charge in [0, 0.05) is 5.56 Å². The van der Waals surface area contributed by atoms with Crippen molar-refractivity contribution in [3.05, 3.63) is 77.4 Å². The van der Waals surface area contributed by atoms with Crippen molar-refractivity contribution in [3.63, 3.8) is 0 Å². The second-order valence-corrected chi connectivity index (χ2v) is 10.5. The van der Waals surface area contributed by atoms with E-state index in [1.807, 2.05) is 19.9 Å². The third-order valence-corrected chi connectivity index (χ3v) is 7.58. The van der Waals surface area contributed by atoms with Gasteiger partial charge in [0.1, 0.15) is 25.5 Å². The molecule has 0 unspecified atom stereocenters. The second-order valence-electron chi connectivity index (χ2n) is 8.59. The molecule has 0 saturated heterocycles. The van der Waals surface area contributed by atoms with Crippen molar-refractivity contribution < 1.29 is 27.4 Å². The van der Waals surface area contributed by atoms with Gasteiger partial charge in [0.05, 0.1) is 23.4 Å². The van der Waals surface area contributed by atoms with Crippen LogP contribution in [0.5, 0.6) is 17.2 Å². The Morgan fingerprint density at radius 3 is 2.35 bits per heavy atom. The molecule has 0 bridgehead atoms. The zero-order valence-electron chi connectivity index (χ0n) is 21.1. The summed E-state index contributed by atoms with van der Waals surface area (Å²) in [6.07, 6.45) is 0. The summed E-state index contributed by atoms with van der Waals surface area (Å²) in [5, 5.41) is 4.18. The average molecular weight is 524 g/mol. The van der Waals surface area contributed by atoms with E-state index in [4.69, 9.17) is 14.2 Å². The number of methoxy groups -OCH3 is 1. The molecular weight excluding hydrogens is 494 g/mol. The Bertz CT molecular complexity index is 1430. The fraction of sp³-hybridized carbons (Fsp3) is 0.259. The summed E-state index contributed by atoms with van der Waals surface area (Å²) in [6.45, 7) is 5.87. The van der Waals surface area contributed by atoms with Crippen LogP contribution in [0.25, 0.3) is 0 Å². The van der Waals surface area contributed by atoms with Crippen molar-refractivity contribution in [1.29, 1.82) is 0 Å². The van der Waals surface area contributed by atoms with E-state index < -0.39 is 22.5 Å². The summed E-state index contributed by atoms with van der Waals surface area (Å²) in [6, 6.07) is 17.0. The minimum absolute atomic E-state index is 0.0606. The van der Waals surface area contributed by atoms with Gasteiger partial charge in [-0.2, -0.15) is 5.10 Å². The van der Waals surface area contributed by atoms with Crippen LogP contribution in [0, 0.1) is 13.8 Å². The van der Waals surface area contributed by atoms with Gasteiger partial charge in [-0.15, -0.1) is 0 Å². The van der Waals surface area contributed by atoms with Gasteiger partial charge in [-0.3, -0.25) is 9.10 Å².